The molecule has 0 aliphatic rings. The Morgan fingerprint density at radius 2 is 1.70 bits per heavy atom. The van der Waals surface area contributed by atoms with Crippen LogP contribution in [0.5, 0.6) is 0 Å². The third kappa shape index (κ3) is 2.34. The largest absolute Gasteiger partial charge is 0.380 e. The molecular formula is C17H18F2O. The maximum Gasteiger partial charge on any atom is 0.130 e. The van der Waals surface area contributed by atoms with Gasteiger partial charge in [0.25, 0.3) is 0 Å². The predicted octanol–water partition coefficient (Wildman–Crippen LogP) is 4.23. The van der Waals surface area contributed by atoms with Gasteiger partial charge in [-0.05, 0) is 43.5 Å². The third-order valence-corrected chi connectivity index (χ3v) is 3.68. The molecule has 0 aromatic heterocycles. The van der Waals surface area contributed by atoms with Crippen LogP contribution in [0.3, 0.4) is 0 Å². The number of benzene rings is 2. The van der Waals surface area contributed by atoms with Crippen molar-refractivity contribution in [3.63, 3.8) is 0 Å². The topological polar surface area (TPSA) is 20.2 Å². The molecule has 1 nitrogen and oxygen atoms in total. The van der Waals surface area contributed by atoms with Gasteiger partial charge in [0.15, 0.2) is 0 Å². The lowest BCUT2D eigenvalue weighted by molar-refractivity contribution is 0.0680. The van der Waals surface area contributed by atoms with Crippen molar-refractivity contribution >= 4 is 0 Å². The Kier molecular flexibility index (Phi) is 3.91. The number of aryl methyl sites for hydroxylation is 2. The number of hydrogen-bond donors (Lipinski definition) is 1. The minimum atomic E-state index is -1.66. The molecule has 0 heterocycles. The second-order valence-electron chi connectivity index (χ2n) is 5.13. The van der Waals surface area contributed by atoms with Crippen molar-refractivity contribution in [2.75, 3.05) is 0 Å². The quantitative estimate of drug-likeness (QED) is 0.889. The fourth-order valence-electron chi connectivity index (χ4n) is 2.74. The lowest BCUT2D eigenvalue weighted by Crippen LogP contribution is -2.30. The molecule has 0 saturated heterocycles. The van der Waals surface area contributed by atoms with E-state index in [-0.39, 0.29) is 17.5 Å². The van der Waals surface area contributed by atoms with E-state index in [0.717, 1.165) is 5.56 Å². The lowest BCUT2D eigenvalue weighted by Gasteiger charge is -2.30. The van der Waals surface area contributed by atoms with Crippen molar-refractivity contribution in [3.05, 3.63) is 70.3 Å². The van der Waals surface area contributed by atoms with E-state index in [9.17, 15) is 13.9 Å². The van der Waals surface area contributed by atoms with Crippen LogP contribution in [0.25, 0.3) is 0 Å². The van der Waals surface area contributed by atoms with Crippen molar-refractivity contribution in [1.29, 1.82) is 0 Å². The average molecular weight is 276 g/mol. The molecule has 0 radical (unpaired) electrons. The second kappa shape index (κ2) is 5.33. The van der Waals surface area contributed by atoms with Crippen LogP contribution in [0.4, 0.5) is 8.78 Å². The number of halogens is 2. The van der Waals surface area contributed by atoms with Gasteiger partial charge in [-0.2, -0.15) is 0 Å². The first-order valence-electron chi connectivity index (χ1n) is 6.64. The summed E-state index contributed by atoms with van der Waals surface area (Å²) >= 11 is 0. The molecule has 20 heavy (non-hydrogen) atoms. The molecule has 0 aliphatic carbocycles. The number of hydrogen-bond acceptors (Lipinski definition) is 1. The highest BCUT2D eigenvalue weighted by Crippen LogP contribution is 2.38. The first kappa shape index (κ1) is 14.7. The molecule has 0 fully saturated rings. The van der Waals surface area contributed by atoms with Crippen molar-refractivity contribution in [1.82, 2.24) is 0 Å². The van der Waals surface area contributed by atoms with Gasteiger partial charge in [-0.3, -0.25) is 0 Å². The smallest absolute Gasteiger partial charge is 0.130 e. The Labute approximate surface area is 117 Å². The summed E-state index contributed by atoms with van der Waals surface area (Å²) in [6.45, 7) is 5.23. The van der Waals surface area contributed by atoms with Gasteiger partial charge >= 0.3 is 0 Å². The molecule has 2 rings (SSSR count). The van der Waals surface area contributed by atoms with E-state index in [0.29, 0.717) is 5.56 Å². The zero-order valence-electron chi connectivity index (χ0n) is 11.9. The van der Waals surface area contributed by atoms with E-state index in [1.807, 2.05) is 0 Å². The molecule has 0 amide bonds. The van der Waals surface area contributed by atoms with Crippen LogP contribution in [-0.4, -0.2) is 5.11 Å². The minimum absolute atomic E-state index is 0.105. The predicted molar refractivity (Wildman–Crippen MR) is 75.6 cm³/mol. The molecule has 0 saturated carbocycles. The molecule has 1 atom stereocenters. The summed E-state index contributed by atoms with van der Waals surface area (Å²) in [5, 5.41) is 10.9. The van der Waals surface area contributed by atoms with Crippen LogP contribution in [0, 0.1) is 25.5 Å². The first-order valence-corrected chi connectivity index (χ1v) is 6.64. The summed E-state index contributed by atoms with van der Waals surface area (Å²) in [6.07, 6.45) is 0.189. The average Bonchev–Trinajstić information content (AvgIpc) is 2.37. The number of rotatable bonds is 3. The summed E-state index contributed by atoms with van der Waals surface area (Å²) in [5.41, 5.74) is -0.0115. The fourth-order valence-corrected chi connectivity index (χ4v) is 2.74. The normalized spacial score (nSPS) is 14.1. The highest BCUT2D eigenvalue weighted by atomic mass is 19.1. The van der Waals surface area contributed by atoms with Gasteiger partial charge in [0.1, 0.15) is 17.2 Å². The minimum Gasteiger partial charge on any atom is -0.380 e. The van der Waals surface area contributed by atoms with E-state index < -0.39 is 17.2 Å². The van der Waals surface area contributed by atoms with Crippen LogP contribution >= 0.6 is 0 Å². The SMILES string of the molecule is CCC(O)(c1ccccc1F)c1c(C)cc(C)cc1F. The molecule has 0 bridgehead atoms. The summed E-state index contributed by atoms with van der Waals surface area (Å²) in [7, 11) is 0. The lowest BCUT2D eigenvalue weighted by atomic mass is 9.81. The molecule has 3 heteroatoms. The Balaban J connectivity index is 2.72. The molecule has 106 valence electrons. The van der Waals surface area contributed by atoms with Crippen molar-refractivity contribution < 1.29 is 13.9 Å². The maximum atomic E-state index is 14.3. The number of aliphatic hydroxyl groups is 1. The highest BCUT2D eigenvalue weighted by molar-refractivity contribution is 5.43. The van der Waals surface area contributed by atoms with Crippen LogP contribution in [0.15, 0.2) is 36.4 Å². The van der Waals surface area contributed by atoms with Crippen molar-refractivity contribution in [2.24, 2.45) is 0 Å². The zero-order valence-corrected chi connectivity index (χ0v) is 11.9. The second-order valence-corrected chi connectivity index (χ2v) is 5.13. The molecular weight excluding hydrogens is 258 g/mol. The Bertz CT molecular complexity index is 614. The molecule has 0 aliphatic heterocycles. The standard InChI is InChI=1S/C17H18F2O/c1-4-17(20,13-7-5-6-8-14(13)18)16-12(3)9-11(2)10-15(16)19/h5-10,20H,4H2,1-3H3. The monoisotopic (exact) mass is 276 g/mol. The molecule has 2 aromatic rings. The van der Waals surface area contributed by atoms with Gasteiger partial charge in [-0.1, -0.05) is 31.2 Å². The zero-order chi connectivity index (χ0) is 14.9. The van der Waals surface area contributed by atoms with Gasteiger partial charge in [0, 0.05) is 11.1 Å². The summed E-state index contributed by atoms with van der Waals surface area (Å²) in [5.74, 6) is -1.04. The van der Waals surface area contributed by atoms with Crippen LogP contribution in [-0.2, 0) is 5.60 Å². The van der Waals surface area contributed by atoms with Crippen molar-refractivity contribution in [2.45, 2.75) is 32.8 Å². The van der Waals surface area contributed by atoms with E-state index >= 15 is 0 Å². The van der Waals surface area contributed by atoms with Crippen LogP contribution < -0.4 is 0 Å². The summed E-state index contributed by atoms with van der Waals surface area (Å²) < 4.78 is 28.3. The Morgan fingerprint density at radius 3 is 2.25 bits per heavy atom. The summed E-state index contributed by atoms with van der Waals surface area (Å²) in [6, 6.07) is 9.12. The van der Waals surface area contributed by atoms with Gasteiger partial charge in [0.05, 0.1) is 0 Å². The van der Waals surface area contributed by atoms with Crippen LogP contribution in [0.1, 0.15) is 35.6 Å². The van der Waals surface area contributed by atoms with E-state index in [4.69, 9.17) is 0 Å². The molecule has 1 unspecified atom stereocenters. The van der Waals surface area contributed by atoms with Crippen molar-refractivity contribution in [3.8, 4) is 0 Å². The van der Waals surface area contributed by atoms with Gasteiger partial charge in [-0.25, -0.2) is 8.78 Å². The van der Waals surface area contributed by atoms with Crippen LogP contribution in [0.2, 0.25) is 0 Å². The Morgan fingerprint density at radius 1 is 1.05 bits per heavy atom. The van der Waals surface area contributed by atoms with E-state index in [1.54, 1.807) is 39.0 Å². The maximum absolute atomic E-state index is 14.3. The molecule has 2 aromatic carbocycles. The summed E-state index contributed by atoms with van der Waals surface area (Å²) in [4.78, 5) is 0. The molecule has 1 N–H and O–H groups in total. The highest BCUT2D eigenvalue weighted by Gasteiger charge is 2.36. The third-order valence-electron chi connectivity index (χ3n) is 3.68. The van der Waals surface area contributed by atoms with E-state index in [1.165, 1.54) is 18.2 Å². The first-order chi connectivity index (χ1) is 9.40. The molecule has 0 spiro atoms. The fraction of sp³-hybridized carbons (Fsp3) is 0.294. The van der Waals surface area contributed by atoms with Gasteiger partial charge in [0.2, 0.25) is 0 Å². The Hall–Kier alpha value is -1.74. The van der Waals surface area contributed by atoms with Gasteiger partial charge in [-0.15, -0.1) is 0 Å². The van der Waals surface area contributed by atoms with E-state index in [2.05, 4.69) is 0 Å². The van der Waals surface area contributed by atoms with Gasteiger partial charge < -0.3 is 5.11 Å².